The van der Waals surface area contributed by atoms with Gasteiger partial charge in [-0.1, -0.05) is 354 Å². The SMILES string of the molecule is CCCCCC/C=C\C=C/CCCCCCCC(=O)OC[C@H](COP(=O)(O)OC[C@@H](O)COP(=O)(O)OC[C@@H](COC(=O)CCCCCCCCCC)OC(=O)CCCCCCCCCCCCCCCC)OC(=O)CCCCCCCCCCCCCCCCCCCCCCCC. The van der Waals surface area contributed by atoms with Crippen molar-refractivity contribution in [2.75, 3.05) is 39.6 Å². The fourth-order valence-electron chi connectivity index (χ4n) is 11.9. The summed E-state index contributed by atoms with van der Waals surface area (Å²) in [4.78, 5) is 72.8. The molecule has 0 heterocycles. The predicted molar refractivity (Wildman–Crippen MR) is 405 cm³/mol. The minimum Gasteiger partial charge on any atom is -0.462 e. The maximum absolute atomic E-state index is 13.1. The molecule has 0 radical (unpaired) electrons. The number of esters is 4. The molecule has 5 atom stereocenters. The Kier molecular flexibility index (Phi) is 72.0. The van der Waals surface area contributed by atoms with E-state index in [2.05, 4.69) is 52.0 Å². The number of rotatable bonds is 79. The third-order valence-electron chi connectivity index (χ3n) is 18.2. The van der Waals surface area contributed by atoms with Gasteiger partial charge in [0.15, 0.2) is 12.2 Å². The first kappa shape index (κ1) is 96.5. The average Bonchev–Trinajstić information content (AvgIpc) is 1.16. The molecule has 17 nitrogen and oxygen atoms in total. The van der Waals surface area contributed by atoms with Crippen LogP contribution in [0.25, 0.3) is 0 Å². The molecule has 0 rings (SSSR count). The molecule has 584 valence electrons. The highest BCUT2D eigenvalue weighted by Gasteiger charge is 2.30. The van der Waals surface area contributed by atoms with Gasteiger partial charge in [-0.05, 0) is 51.4 Å². The van der Waals surface area contributed by atoms with E-state index in [9.17, 15) is 43.2 Å². The van der Waals surface area contributed by atoms with Crippen molar-refractivity contribution in [3.8, 4) is 0 Å². The van der Waals surface area contributed by atoms with Crippen molar-refractivity contribution in [2.24, 2.45) is 0 Å². The molecule has 3 N–H and O–H groups in total. The summed E-state index contributed by atoms with van der Waals surface area (Å²) in [6.07, 6.45) is 68.9. The Balaban J connectivity index is 5.20. The van der Waals surface area contributed by atoms with Gasteiger partial charge in [-0.25, -0.2) is 9.13 Å². The van der Waals surface area contributed by atoms with Gasteiger partial charge in [0.1, 0.15) is 19.3 Å². The molecular formula is C80H152O17P2. The van der Waals surface area contributed by atoms with Crippen molar-refractivity contribution in [1.29, 1.82) is 0 Å². The normalized spacial score (nSPS) is 14.0. The molecule has 2 unspecified atom stereocenters. The Morgan fingerprint density at radius 2 is 0.485 bits per heavy atom. The first-order valence-electron chi connectivity index (χ1n) is 41.1. The smallest absolute Gasteiger partial charge is 0.462 e. The highest BCUT2D eigenvalue weighted by Crippen LogP contribution is 2.45. The maximum Gasteiger partial charge on any atom is 0.472 e. The number of unbranched alkanes of at least 4 members (excludes halogenated alkanes) is 50. The topological polar surface area (TPSA) is 237 Å². The Bertz CT molecular complexity index is 1970. The van der Waals surface area contributed by atoms with Gasteiger partial charge in [0.25, 0.3) is 0 Å². The molecule has 0 aromatic rings. The molecule has 0 aliphatic rings. The average molecular weight is 1450 g/mol. The van der Waals surface area contributed by atoms with Crippen molar-refractivity contribution in [1.82, 2.24) is 0 Å². The lowest BCUT2D eigenvalue weighted by Gasteiger charge is -2.21. The van der Waals surface area contributed by atoms with Crippen LogP contribution in [-0.2, 0) is 65.4 Å². The van der Waals surface area contributed by atoms with Crippen LogP contribution in [0.15, 0.2) is 24.3 Å². The van der Waals surface area contributed by atoms with Crippen molar-refractivity contribution in [3.63, 3.8) is 0 Å². The second-order valence-electron chi connectivity index (χ2n) is 28.1. The zero-order valence-electron chi connectivity index (χ0n) is 64.0. The molecule has 0 aromatic carbocycles. The number of hydrogen-bond acceptors (Lipinski definition) is 15. The molecule has 0 aliphatic heterocycles. The molecule has 0 bridgehead atoms. The minimum absolute atomic E-state index is 0.102. The summed E-state index contributed by atoms with van der Waals surface area (Å²) in [5, 5.41) is 10.6. The fourth-order valence-corrected chi connectivity index (χ4v) is 13.5. The third kappa shape index (κ3) is 73.6. The van der Waals surface area contributed by atoms with Crippen molar-refractivity contribution < 1.29 is 80.2 Å². The van der Waals surface area contributed by atoms with Crippen LogP contribution >= 0.6 is 15.6 Å². The second kappa shape index (κ2) is 73.8. The van der Waals surface area contributed by atoms with Gasteiger partial charge in [-0.15, -0.1) is 0 Å². The standard InChI is InChI=1S/C80H152O17P2/c1-5-9-13-17-21-25-28-31-34-35-36-37-38-39-40-42-45-48-51-55-59-63-67-80(85)97-76(71-91-78(83)65-61-57-53-49-46-44-41-32-29-26-22-18-14-10-6-2)73-95-99(88,89)93-69-74(81)68-92-98(86,87)94-72-75(70-90-77(82)64-60-56-52-24-20-16-12-8-4)96-79(84)66-62-58-54-50-47-43-33-30-27-23-19-15-11-7-3/h26,29,32,41,74-76,81H,5-25,27-28,30-31,33-40,42-73H2,1-4H3,(H,86,87)(H,88,89)/b29-26-,41-32-/t74-,75+,76+/m0/s1. The fraction of sp³-hybridized carbons (Fsp3) is 0.900. The van der Waals surface area contributed by atoms with Gasteiger partial charge in [-0.3, -0.25) is 37.3 Å². The Labute approximate surface area is 605 Å². The minimum atomic E-state index is -4.97. The van der Waals surface area contributed by atoms with Crippen LogP contribution in [0.3, 0.4) is 0 Å². The van der Waals surface area contributed by atoms with Crippen LogP contribution in [0.5, 0.6) is 0 Å². The van der Waals surface area contributed by atoms with Crippen LogP contribution < -0.4 is 0 Å². The van der Waals surface area contributed by atoms with E-state index in [1.54, 1.807) is 0 Å². The van der Waals surface area contributed by atoms with E-state index in [-0.39, 0.29) is 25.7 Å². The highest BCUT2D eigenvalue weighted by molar-refractivity contribution is 7.47. The number of aliphatic hydroxyl groups is 1. The van der Waals surface area contributed by atoms with Gasteiger partial charge in [-0.2, -0.15) is 0 Å². The predicted octanol–water partition coefficient (Wildman–Crippen LogP) is 23.7. The molecule has 0 aromatic heterocycles. The number of ether oxygens (including phenoxy) is 4. The number of phosphoric ester groups is 2. The number of carbonyl (C=O) groups is 4. The lowest BCUT2D eigenvalue weighted by Crippen LogP contribution is -2.30. The van der Waals surface area contributed by atoms with Gasteiger partial charge in [0, 0.05) is 25.7 Å². The van der Waals surface area contributed by atoms with E-state index >= 15 is 0 Å². The van der Waals surface area contributed by atoms with E-state index in [1.165, 1.54) is 212 Å². The van der Waals surface area contributed by atoms with E-state index in [4.69, 9.17) is 37.0 Å². The van der Waals surface area contributed by atoms with E-state index < -0.39 is 97.5 Å². The summed E-state index contributed by atoms with van der Waals surface area (Å²) in [5.41, 5.74) is 0. The molecule has 19 heteroatoms. The van der Waals surface area contributed by atoms with Gasteiger partial charge in [0.2, 0.25) is 0 Å². The summed E-state index contributed by atoms with van der Waals surface area (Å²) in [7, 11) is -9.92. The van der Waals surface area contributed by atoms with Crippen LogP contribution in [0.2, 0.25) is 0 Å². The van der Waals surface area contributed by atoms with Crippen molar-refractivity contribution in [2.45, 2.75) is 425 Å². The molecule has 0 saturated heterocycles. The summed E-state index contributed by atoms with van der Waals surface area (Å²) in [5.74, 6) is -2.14. The molecule has 0 saturated carbocycles. The Hall–Kier alpha value is -2.46. The highest BCUT2D eigenvalue weighted by atomic mass is 31.2. The number of allylic oxidation sites excluding steroid dienone is 4. The third-order valence-corrected chi connectivity index (χ3v) is 20.1. The van der Waals surface area contributed by atoms with Gasteiger partial charge < -0.3 is 33.8 Å². The van der Waals surface area contributed by atoms with Crippen LogP contribution in [0.4, 0.5) is 0 Å². The van der Waals surface area contributed by atoms with Crippen molar-refractivity contribution in [3.05, 3.63) is 24.3 Å². The molecular weight excluding hydrogens is 1290 g/mol. The number of carbonyl (C=O) groups excluding carboxylic acids is 4. The van der Waals surface area contributed by atoms with E-state index in [0.29, 0.717) is 25.7 Å². The summed E-state index contributed by atoms with van der Waals surface area (Å²) >= 11 is 0. The van der Waals surface area contributed by atoms with Crippen LogP contribution in [0, 0.1) is 0 Å². The first-order valence-corrected chi connectivity index (χ1v) is 44.1. The Morgan fingerprint density at radius 1 is 0.283 bits per heavy atom. The van der Waals surface area contributed by atoms with Gasteiger partial charge in [0.05, 0.1) is 26.4 Å². The molecule has 0 aliphatic carbocycles. The zero-order chi connectivity index (χ0) is 72.5. The maximum atomic E-state index is 13.1. The zero-order valence-corrected chi connectivity index (χ0v) is 65.7. The number of phosphoric acid groups is 2. The first-order chi connectivity index (χ1) is 48.2. The molecule has 99 heavy (non-hydrogen) atoms. The van der Waals surface area contributed by atoms with Crippen LogP contribution in [-0.4, -0.2) is 96.7 Å². The molecule has 0 amide bonds. The summed E-state index contributed by atoms with van der Waals surface area (Å²) < 4.78 is 68.5. The quantitative estimate of drug-likeness (QED) is 0.0169. The number of aliphatic hydroxyl groups excluding tert-OH is 1. The summed E-state index contributed by atoms with van der Waals surface area (Å²) in [6, 6.07) is 0. The van der Waals surface area contributed by atoms with E-state index in [0.717, 1.165) is 116 Å². The molecule has 0 spiro atoms. The van der Waals surface area contributed by atoms with E-state index in [1.807, 2.05) is 0 Å². The molecule has 0 fully saturated rings. The van der Waals surface area contributed by atoms with Crippen molar-refractivity contribution >= 4 is 39.5 Å². The number of hydrogen-bond donors (Lipinski definition) is 3. The summed E-state index contributed by atoms with van der Waals surface area (Å²) in [6.45, 7) is 4.92. The Morgan fingerprint density at radius 3 is 0.737 bits per heavy atom. The second-order valence-corrected chi connectivity index (χ2v) is 31.0. The monoisotopic (exact) mass is 1450 g/mol. The lowest BCUT2D eigenvalue weighted by atomic mass is 10.0. The van der Waals surface area contributed by atoms with Gasteiger partial charge >= 0.3 is 39.5 Å². The largest absolute Gasteiger partial charge is 0.472 e. The lowest BCUT2D eigenvalue weighted by molar-refractivity contribution is -0.161. The van der Waals surface area contributed by atoms with Crippen LogP contribution in [0.1, 0.15) is 407 Å².